The van der Waals surface area contributed by atoms with Crippen molar-refractivity contribution in [1.29, 1.82) is 0 Å². The van der Waals surface area contributed by atoms with E-state index in [9.17, 15) is 9.59 Å². The highest BCUT2D eigenvalue weighted by Gasteiger charge is 2.31. The first kappa shape index (κ1) is 19.9. The van der Waals surface area contributed by atoms with Gasteiger partial charge in [-0.3, -0.25) is 14.6 Å². The van der Waals surface area contributed by atoms with Gasteiger partial charge < -0.3 is 9.80 Å². The van der Waals surface area contributed by atoms with Crippen molar-refractivity contribution in [3.63, 3.8) is 0 Å². The van der Waals surface area contributed by atoms with Gasteiger partial charge in [0, 0.05) is 42.5 Å². The lowest BCUT2D eigenvalue weighted by Gasteiger charge is -2.34. The summed E-state index contributed by atoms with van der Waals surface area (Å²) in [7, 11) is 0. The number of rotatable bonds is 4. The van der Waals surface area contributed by atoms with Crippen molar-refractivity contribution in [3.8, 4) is 5.82 Å². The molecule has 0 aliphatic carbocycles. The van der Waals surface area contributed by atoms with Crippen molar-refractivity contribution in [2.45, 2.75) is 13.3 Å². The highest BCUT2D eigenvalue weighted by atomic mass is 16.2. The molecule has 5 rings (SSSR count). The van der Waals surface area contributed by atoms with Crippen LogP contribution >= 0.6 is 0 Å². The molecule has 4 heterocycles. The fourth-order valence-corrected chi connectivity index (χ4v) is 4.18. The molecule has 32 heavy (non-hydrogen) atoms. The number of amides is 2. The van der Waals surface area contributed by atoms with Crippen LogP contribution in [-0.4, -0.2) is 56.1 Å². The number of fused-ring (bicyclic) bond motifs is 1. The summed E-state index contributed by atoms with van der Waals surface area (Å²) in [4.78, 5) is 38.2. The number of piperazine rings is 1. The van der Waals surface area contributed by atoms with Gasteiger partial charge in [0.05, 0.1) is 23.1 Å². The van der Waals surface area contributed by atoms with Crippen molar-refractivity contribution in [2.24, 2.45) is 0 Å². The Morgan fingerprint density at radius 2 is 1.94 bits per heavy atom. The van der Waals surface area contributed by atoms with E-state index in [1.807, 2.05) is 49.4 Å². The van der Waals surface area contributed by atoms with Crippen LogP contribution in [0.5, 0.6) is 0 Å². The van der Waals surface area contributed by atoms with Crippen LogP contribution in [0, 0.1) is 0 Å². The molecule has 3 aromatic heterocycles. The van der Waals surface area contributed by atoms with E-state index in [-0.39, 0.29) is 18.4 Å². The molecule has 1 aliphatic rings. The number of anilines is 1. The SMILES string of the molecule is CCc1c(C(=O)N2CCN(c3cccc4cnccc34)C(=O)C2)cnn1-c1ccccn1. The van der Waals surface area contributed by atoms with E-state index in [1.165, 1.54) is 0 Å². The van der Waals surface area contributed by atoms with Crippen molar-refractivity contribution in [1.82, 2.24) is 24.6 Å². The van der Waals surface area contributed by atoms with Crippen LogP contribution in [0.15, 0.2) is 67.3 Å². The molecule has 4 aromatic rings. The predicted octanol–water partition coefficient (Wildman–Crippen LogP) is 2.87. The summed E-state index contributed by atoms with van der Waals surface area (Å²) in [6.45, 7) is 2.88. The number of hydrogen-bond acceptors (Lipinski definition) is 5. The maximum atomic E-state index is 13.3. The van der Waals surface area contributed by atoms with E-state index in [2.05, 4.69) is 15.1 Å². The zero-order valence-corrected chi connectivity index (χ0v) is 17.7. The topological polar surface area (TPSA) is 84.2 Å². The molecule has 0 atom stereocenters. The number of carbonyl (C=O) groups is 2. The van der Waals surface area contributed by atoms with Gasteiger partial charge in [0.15, 0.2) is 5.82 Å². The smallest absolute Gasteiger partial charge is 0.257 e. The normalized spacial score (nSPS) is 14.2. The molecule has 0 spiro atoms. The molecule has 0 unspecified atom stereocenters. The molecule has 0 N–H and O–H groups in total. The first-order chi connectivity index (χ1) is 15.7. The average molecular weight is 426 g/mol. The van der Waals surface area contributed by atoms with Crippen molar-refractivity contribution >= 4 is 28.3 Å². The monoisotopic (exact) mass is 426 g/mol. The molecule has 1 aliphatic heterocycles. The summed E-state index contributed by atoms with van der Waals surface area (Å²) < 4.78 is 1.69. The minimum atomic E-state index is -0.181. The molecule has 0 bridgehead atoms. The van der Waals surface area contributed by atoms with Crippen LogP contribution in [0.25, 0.3) is 16.6 Å². The molecular weight excluding hydrogens is 404 g/mol. The third-order valence-corrected chi connectivity index (χ3v) is 5.76. The van der Waals surface area contributed by atoms with Gasteiger partial charge in [-0.2, -0.15) is 5.10 Å². The lowest BCUT2D eigenvalue weighted by molar-refractivity contribution is -0.120. The third kappa shape index (κ3) is 3.39. The van der Waals surface area contributed by atoms with Crippen molar-refractivity contribution in [2.75, 3.05) is 24.5 Å². The van der Waals surface area contributed by atoms with E-state index in [1.54, 1.807) is 39.3 Å². The molecule has 2 amide bonds. The fourth-order valence-electron chi connectivity index (χ4n) is 4.18. The van der Waals surface area contributed by atoms with E-state index < -0.39 is 0 Å². The number of benzene rings is 1. The van der Waals surface area contributed by atoms with Crippen LogP contribution in [-0.2, 0) is 11.2 Å². The summed E-state index contributed by atoms with van der Waals surface area (Å²) in [5.41, 5.74) is 2.14. The van der Waals surface area contributed by atoms with E-state index in [4.69, 9.17) is 0 Å². The molecule has 0 saturated carbocycles. The highest BCUT2D eigenvalue weighted by Crippen LogP contribution is 2.28. The number of carbonyl (C=O) groups excluding carboxylic acids is 2. The third-order valence-electron chi connectivity index (χ3n) is 5.76. The standard InChI is InChI=1S/C24H22N6O2/c1-2-20-19(15-27-30(20)22-8-3-4-10-26-22)24(32)28-12-13-29(23(31)16-28)21-7-5-6-17-14-25-11-9-18(17)21/h3-11,14-15H,2,12-13,16H2,1H3. The summed E-state index contributed by atoms with van der Waals surface area (Å²) in [6, 6.07) is 13.3. The van der Waals surface area contributed by atoms with Gasteiger partial charge in [-0.15, -0.1) is 0 Å². The Kier molecular flexibility index (Phi) is 5.10. The first-order valence-corrected chi connectivity index (χ1v) is 10.6. The van der Waals surface area contributed by atoms with E-state index >= 15 is 0 Å². The minimum Gasteiger partial charge on any atom is -0.327 e. The second-order valence-corrected chi connectivity index (χ2v) is 7.60. The van der Waals surface area contributed by atoms with Crippen LogP contribution in [0.4, 0.5) is 5.69 Å². The maximum Gasteiger partial charge on any atom is 0.257 e. The van der Waals surface area contributed by atoms with E-state index in [0.29, 0.717) is 30.9 Å². The van der Waals surface area contributed by atoms with Gasteiger partial charge in [0.25, 0.3) is 5.91 Å². The van der Waals surface area contributed by atoms with Gasteiger partial charge in [-0.25, -0.2) is 9.67 Å². The largest absolute Gasteiger partial charge is 0.327 e. The number of hydrogen-bond donors (Lipinski definition) is 0. The quantitative estimate of drug-likeness (QED) is 0.501. The zero-order chi connectivity index (χ0) is 22.1. The van der Waals surface area contributed by atoms with Gasteiger partial charge in [-0.1, -0.05) is 25.1 Å². The number of pyridine rings is 2. The summed E-state index contributed by atoms with van der Waals surface area (Å²) in [5, 5.41) is 6.34. The van der Waals surface area contributed by atoms with Gasteiger partial charge in [0.1, 0.15) is 6.54 Å². The lowest BCUT2D eigenvalue weighted by Crippen LogP contribution is -2.52. The maximum absolute atomic E-state index is 13.3. The molecule has 0 radical (unpaired) electrons. The molecule has 8 nitrogen and oxygen atoms in total. The average Bonchev–Trinajstić information content (AvgIpc) is 3.28. The summed E-state index contributed by atoms with van der Waals surface area (Å²) in [5.74, 6) is 0.373. The van der Waals surface area contributed by atoms with Crippen molar-refractivity contribution in [3.05, 3.63) is 78.5 Å². The lowest BCUT2D eigenvalue weighted by atomic mass is 10.1. The molecule has 1 saturated heterocycles. The molecule has 8 heteroatoms. The summed E-state index contributed by atoms with van der Waals surface area (Å²) in [6.07, 6.45) is 7.40. The Bertz CT molecular complexity index is 1300. The highest BCUT2D eigenvalue weighted by molar-refractivity contribution is 6.06. The van der Waals surface area contributed by atoms with E-state index in [0.717, 1.165) is 22.2 Å². The molecule has 160 valence electrons. The van der Waals surface area contributed by atoms with Crippen LogP contribution in [0.2, 0.25) is 0 Å². The molecule has 1 aromatic carbocycles. The molecule has 1 fully saturated rings. The second-order valence-electron chi connectivity index (χ2n) is 7.60. The Morgan fingerprint density at radius 3 is 2.72 bits per heavy atom. The number of aromatic nitrogens is 4. The Morgan fingerprint density at radius 1 is 1.03 bits per heavy atom. The van der Waals surface area contributed by atoms with Crippen LogP contribution < -0.4 is 4.90 Å². The van der Waals surface area contributed by atoms with Crippen LogP contribution in [0.1, 0.15) is 23.0 Å². The minimum absolute atomic E-state index is 0.0260. The fraction of sp³-hybridized carbons (Fsp3) is 0.208. The van der Waals surface area contributed by atoms with Gasteiger partial charge in [0.2, 0.25) is 5.91 Å². The Labute approximate surface area is 185 Å². The van der Waals surface area contributed by atoms with Gasteiger partial charge >= 0.3 is 0 Å². The predicted molar refractivity (Wildman–Crippen MR) is 121 cm³/mol. The zero-order valence-electron chi connectivity index (χ0n) is 17.7. The Balaban J connectivity index is 1.39. The summed E-state index contributed by atoms with van der Waals surface area (Å²) >= 11 is 0. The van der Waals surface area contributed by atoms with Crippen LogP contribution in [0.3, 0.4) is 0 Å². The molecular formula is C24H22N6O2. The second kappa shape index (κ2) is 8.22. The van der Waals surface area contributed by atoms with Gasteiger partial charge in [-0.05, 0) is 30.7 Å². The first-order valence-electron chi connectivity index (χ1n) is 10.6. The van der Waals surface area contributed by atoms with Crippen molar-refractivity contribution < 1.29 is 9.59 Å². The number of nitrogens with zero attached hydrogens (tertiary/aromatic N) is 6. The Hall–Kier alpha value is -4.07.